The minimum atomic E-state index is -0.433. The summed E-state index contributed by atoms with van der Waals surface area (Å²) in [6, 6.07) is 0. The number of carbonyl (C=O) groups is 1. The molecule has 25 heavy (non-hydrogen) atoms. The zero-order valence-corrected chi connectivity index (χ0v) is 17.0. The predicted molar refractivity (Wildman–Crippen MR) is 98.3 cm³/mol. The average molecular weight is 349 g/mol. The lowest BCUT2D eigenvalue weighted by Gasteiger charge is -2.57. The Kier molecular flexibility index (Phi) is 4.13. The van der Waals surface area contributed by atoms with E-state index in [2.05, 4.69) is 34.6 Å². The van der Waals surface area contributed by atoms with E-state index in [1.54, 1.807) is 0 Å². The molecular formula is C19H32BNO4. The molecule has 3 fully saturated rings. The van der Waals surface area contributed by atoms with Crippen LogP contribution in [0.5, 0.6) is 0 Å². The van der Waals surface area contributed by atoms with Crippen LogP contribution in [0.4, 0.5) is 4.79 Å². The first-order valence-electron chi connectivity index (χ1n) is 9.26. The molecule has 0 aromatic heterocycles. The number of allylic oxidation sites excluding steroid dienone is 2. The van der Waals surface area contributed by atoms with E-state index in [1.165, 1.54) is 11.0 Å². The minimum absolute atomic E-state index is 0.196. The van der Waals surface area contributed by atoms with Crippen LogP contribution >= 0.6 is 0 Å². The number of carbonyl (C=O) groups excluding carboxylic acids is 1. The molecule has 0 radical (unpaired) electrons. The lowest BCUT2D eigenvalue weighted by molar-refractivity contribution is -0.0505. The summed E-state index contributed by atoms with van der Waals surface area (Å²) in [5, 5.41) is 0. The third kappa shape index (κ3) is 3.35. The Morgan fingerprint density at radius 2 is 1.56 bits per heavy atom. The molecule has 0 atom stereocenters. The van der Waals surface area contributed by atoms with Gasteiger partial charge in [-0.1, -0.05) is 5.57 Å². The molecule has 2 saturated heterocycles. The molecule has 3 rings (SSSR count). The zero-order valence-electron chi connectivity index (χ0n) is 17.0. The predicted octanol–water partition coefficient (Wildman–Crippen LogP) is 3.97. The van der Waals surface area contributed by atoms with Gasteiger partial charge in [0.05, 0.1) is 11.2 Å². The van der Waals surface area contributed by atoms with Gasteiger partial charge in [0.1, 0.15) is 5.60 Å². The quantitative estimate of drug-likeness (QED) is 0.672. The maximum absolute atomic E-state index is 12.1. The van der Waals surface area contributed by atoms with Gasteiger partial charge in [0.25, 0.3) is 0 Å². The van der Waals surface area contributed by atoms with Crippen molar-refractivity contribution in [3.63, 3.8) is 0 Å². The van der Waals surface area contributed by atoms with Crippen molar-refractivity contribution in [2.75, 3.05) is 13.1 Å². The molecule has 0 N–H and O–H groups in total. The molecule has 1 amide bonds. The van der Waals surface area contributed by atoms with Crippen molar-refractivity contribution >= 4 is 13.2 Å². The fourth-order valence-corrected chi connectivity index (χ4v) is 3.76. The van der Waals surface area contributed by atoms with E-state index >= 15 is 0 Å². The van der Waals surface area contributed by atoms with Gasteiger partial charge in [-0.15, -0.1) is 0 Å². The van der Waals surface area contributed by atoms with Crippen molar-refractivity contribution in [3.8, 4) is 0 Å². The van der Waals surface area contributed by atoms with Crippen LogP contribution < -0.4 is 0 Å². The van der Waals surface area contributed by atoms with E-state index in [4.69, 9.17) is 14.0 Å². The second-order valence-corrected chi connectivity index (χ2v) is 10.1. The first-order chi connectivity index (χ1) is 11.2. The van der Waals surface area contributed by atoms with Gasteiger partial charge < -0.3 is 18.9 Å². The van der Waals surface area contributed by atoms with Crippen molar-refractivity contribution in [2.45, 2.75) is 85.0 Å². The Balaban J connectivity index is 1.55. The van der Waals surface area contributed by atoms with E-state index in [1.807, 2.05) is 25.7 Å². The van der Waals surface area contributed by atoms with Crippen LogP contribution in [0.3, 0.4) is 0 Å². The van der Waals surface area contributed by atoms with Crippen molar-refractivity contribution in [2.24, 2.45) is 5.41 Å². The fourth-order valence-electron chi connectivity index (χ4n) is 3.76. The number of ether oxygens (including phenoxy) is 1. The monoisotopic (exact) mass is 349 g/mol. The van der Waals surface area contributed by atoms with Gasteiger partial charge in [-0.2, -0.15) is 0 Å². The highest BCUT2D eigenvalue weighted by molar-refractivity contribution is 6.54. The third-order valence-electron chi connectivity index (χ3n) is 6.05. The Labute approximate surface area is 152 Å². The Bertz CT molecular complexity index is 585. The van der Waals surface area contributed by atoms with E-state index in [0.29, 0.717) is 0 Å². The van der Waals surface area contributed by atoms with Crippen molar-refractivity contribution in [3.05, 3.63) is 11.0 Å². The molecule has 3 aliphatic rings. The summed E-state index contributed by atoms with van der Waals surface area (Å²) in [6.07, 6.45) is 1.86. The Morgan fingerprint density at radius 3 is 2.00 bits per heavy atom. The maximum atomic E-state index is 12.1. The SMILES string of the molecule is CC(B1OC(C)(C)C(C)(C)O1)=C1CC2(C1)CN(C(=O)OC(C)(C)C)C2. The maximum Gasteiger partial charge on any atom is 0.490 e. The standard InChI is InChI=1S/C19H32BNO4/c1-13(20-24-17(5,6)18(7,8)25-20)14-9-19(10-14)11-21(12-19)15(22)23-16(2,3)4/h9-12H2,1-8H3. The molecule has 0 aromatic rings. The number of rotatable bonds is 1. The summed E-state index contributed by atoms with van der Waals surface area (Å²) in [7, 11) is -0.251. The minimum Gasteiger partial charge on any atom is -0.444 e. The van der Waals surface area contributed by atoms with Crippen LogP contribution in [0.25, 0.3) is 0 Å². The summed E-state index contributed by atoms with van der Waals surface area (Å²) in [5.41, 5.74) is 1.84. The highest BCUT2D eigenvalue weighted by Gasteiger charge is 2.56. The number of likely N-dealkylation sites (tertiary alicyclic amines) is 1. The van der Waals surface area contributed by atoms with Crippen LogP contribution in [0.1, 0.15) is 68.2 Å². The number of nitrogens with zero attached hydrogens (tertiary/aromatic N) is 1. The van der Waals surface area contributed by atoms with Crippen LogP contribution in [-0.4, -0.2) is 48.0 Å². The van der Waals surface area contributed by atoms with Crippen LogP contribution in [0.2, 0.25) is 0 Å². The first-order valence-corrected chi connectivity index (χ1v) is 9.26. The van der Waals surface area contributed by atoms with Gasteiger partial charge in [-0.3, -0.25) is 0 Å². The summed E-state index contributed by atoms with van der Waals surface area (Å²) < 4.78 is 17.7. The zero-order chi connectivity index (χ0) is 18.8. The molecule has 0 aromatic carbocycles. The van der Waals surface area contributed by atoms with Gasteiger partial charge in [0, 0.05) is 18.5 Å². The highest BCUT2D eigenvalue weighted by atomic mass is 16.7. The first kappa shape index (κ1) is 18.8. The molecule has 5 nitrogen and oxygen atoms in total. The molecule has 2 aliphatic heterocycles. The summed E-state index contributed by atoms with van der Waals surface area (Å²) in [5.74, 6) is 0. The molecular weight excluding hydrogens is 317 g/mol. The van der Waals surface area contributed by atoms with Crippen LogP contribution in [0.15, 0.2) is 11.0 Å². The van der Waals surface area contributed by atoms with Crippen molar-refractivity contribution < 1.29 is 18.8 Å². The molecule has 0 bridgehead atoms. The Hall–Kier alpha value is -1.01. The van der Waals surface area contributed by atoms with Crippen LogP contribution in [-0.2, 0) is 14.0 Å². The van der Waals surface area contributed by atoms with Crippen molar-refractivity contribution in [1.82, 2.24) is 4.90 Å². The number of amides is 1. The summed E-state index contributed by atoms with van der Waals surface area (Å²) in [6.45, 7) is 17.7. The second-order valence-electron chi connectivity index (χ2n) is 10.1. The van der Waals surface area contributed by atoms with Gasteiger partial charge in [-0.25, -0.2) is 4.79 Å². The van der Waals surface area contributed by atoms with Crippen molar-refractivity contribution in [1.29, 1.82) is 0 Å². The average Bonchev–Trinajstić information content (AvgIpc) is 2.52. The van der Waals surface area contributed by atoms with E-state index in [9.17, 15) is 4.79 Å². The molecule has 0 unspecified atom stereocenters. The number of hydrogen-bond acceptors (Lipinski definition) is 4. The Morgan fingerprint density at radius 1 is 1.08 bits per heavy atom. The molecule has 1 spiro atoms. The number of hydrogen-bond donors (Lipinski definition) is 0. The van der Waals surface area contributed by atoms with Gasteiger partial charge in [0.15, 0.2) is 0 Å². The largest absolute Gasteiger partial charge is 0.490 e. The van der Waals surface area contributed by atoms with Gasteiger partial charge in [0.2, 0.25) is 0 Å². The van der Waals surface area contributed by atoms with Gasteiger partial charge in [-0.05, 0) is 73.7 Å². The molecule has 2 heterocycles. The van der Waals surface area contributed by atoms with E-state index in [0.717, 1.165) is 25.9 Å². The lowest BCUT2D eigenvalue weighted by Crippen LogP contribution is -2.62. The van der Waals surface area contributed by atoms with E-state index < -0.39 is 5.60 Å². The molecule has 1 aliphatic carbocycles. The molecule has 1 saturated carbocycles. The topological polar surface area (TPSA) is 48.0 Å². The molecule has 140 valence electrons. The molecule has 6 heteroatoms. The highest BCUT2D eigenvalue weighted by Crippen LogP contribution is 2.53. The van der Waals surface area contributed by atoms with Crippen LogP contribution in [0, 0.1) is 5.41 Å². The summed E-state index contributed by atoms with van der Waals surface area (Å²) in [4.78, 5) is 13.9. The van der Waals surface area contributed by atoms with Gasteiger partial charge >= 0.3 is 13.2 Å². The summed E-state index contributed by atoms with van der Waals surface area (Å²) >= 11 is 0. The fraction of sp³-hybridized carbons (Fsp3) is 0.842. The van der Waals surface area contributed by atoms with E-state index in [-0.39, 0.29) is 29.8 Å². The smallest absolute Gasteiger partial charge is 0.444 e. The lowest BCUT2D eigenvalue weighted by atomic mass is 9.56. The third-order valence-corrected chi connectivity index (χ3v) is 6.05. The normalized spacial score (nSPS) is 26.3. The second kappa shape index (κ2) is 5.49.